The molecule has 0 amide bonds. The molecule has 0 N–H and O–H groups in total. The first-order chi connectivity index (χ1) is 6.86. The average molecular weight is 210 g/mol. The smallest absolute Gasteiger partial charge is 0.0334 e. The molecule has 0 heteroatoms. The van der Waals surface area contributed by atoms with Crippen LogP contribution in [0.2, 0.25) is 0 Å². The van der Waals surface area contributed by atoms with Gasteiger partial charge in [-0.1, -0.05) is 48.5 Å². The zero-order valence-corrected chi connectivity index (χ0v) is 11.7. The lowest BCUT2D eigenvalue weighted by Gasteiger charge is -2.50. The van der Waals surface area contributed by atoms with Gasteiger partial charge < -0.3 is 0 Å². The van der Waals surface area contributed by atoms with Crippen molar-refractivity contribution in [1.82, 2.24) is 0 Å². The van der Waals surface area contributed by atoms with Crippen LogP contribution in [0.25, 0.3) is 0 Å². The third-order valence-corrected chi connectivity index (χ3v) is 5.12. The minimum Gasteiger partial charge on any atom is -0.0625 e. The fourth-order valence-corrected chi connectivity index (χ4v) is 3.68. The van der Waals surface area contributed by atoms with Gasteiger partial charge in [-0.2, -0.15) is 0 Å². The molecule has 5 atom stereocenters. The van der Waals surface area contributed by atoms with E-state index in [2.05, 4.69) is 48.5 Å². The lowest BCUT2D eigenvalue weighted by atomic mass is 9.55. The maximum atomic E-state index is 2.48. The van der Waals surface area contributed by atoms with Gasteiger partial charge in [0.1, 0.15) is 0 Å². The molecule has 1 saturated carbocycles. The highest BCUT2D eigenvalue weighted by molar-refractivity contribution is 4.92. The Kier molecular flexibility index (Phi) is 4.26. The van der Waals surface area contributed by atoms with Gasteiger partial charge in [0.25, 0.3) is 0 Å². The van der Waals surface area contributed by atoms with Crippen molar-refractivity contribution in [2.24, 2.45) is 41.4 Å². The SMILES string of the molecule is CC(C)C(C)C(C)C1CC(C)C1C(C)C. The molecule has 0 saturated heterocycles. The molecule has 0 aliphatic heterocycles. The van der Waals surface area contributed by atoms with E-state index in [0.29, 0.717) is 0 Å². The first-order valence-corrected chi connectivity index (χ1v) is 6.86. The molecule has 0 radical (unpaired) electrons. The largest absolute Gasteiger partial charge is 0.0625 e. The van der Waals surface area contributed by atoms with Gasteiger partial charge in [-0.3, -0.25) is 0 Å². The molecular weight excluding hydrogens is 180 g/mol. The topological polar surface area (TPSA) is 0 Å². The van der Waals surface area contributed by atoms with E-state index in [1.165, 1.54) is 6.42 Å². The third-order valence-electron chi connectivity index (χ3n) is 5.12. The zero-order chi connectivity index (χ0) is 11.7. The van der Waals surface area contributed by atoms with Crippen LogP contribution in [0.5, 0.6) is 0 Å². The average Bonchev–Trinajstić information content (AvgIpc) is 2.10. The molecule has 0 aromatic rings. The van der Waals surface area contributed by atoms with Crippen molar-refractivity contribution in [3.8, 4) is 0 Å². The molecule has 1 fully saturated rings. The Bertz CT molecular complexity index is 187. The van der Waals surface area contributed by atoms with Gasteiger partial charge >= 0.3 is 0 Å². The van der Waals surface area contributed by atoms with Crippen LogP contribution < -0.4 is 0 Å². The van der Waals surface area contributed by atoms with Gasteiger partial charge in [-0.25, -0.2) is 0 Å². The molecule has 0 spiro atoms. The van der Waals surface area contributed by atoms with E-state index >= 15 is 0 Å². The van der Waals surface area contributed by atoms with Crippen molar-refractivity contribution in [3.63, 3.8) is 0 Å². The molecule has 90 valence electrons. The Morgan fingerprint density at radius 1 is 0.933 bits per heavy atom. The maximum Gasteiger partial charge on any atom is -0.0334 e. The summed E-state index contributed by atoms with van der Waals surface area (Å²) in [5, 5.41) is 0. The van der Waals surface area contributed by atoms with Crippen molar-refractivity contribution in [2.75, 3.05) is 0 Å². The van der Waals surface area contributed by atoms with E-state index in [0.717, 1.165) is 41.4 Å². The highest BCUT2D eigenvalue weighted by Crippen LogP contribution is 2.50. The quantitative estimate of drug-likeness (QED) is 0.622. The fraction of sp³-hybridized carbons (Fsp3) is 1.00. The summed E-state index contributed by atoms with van der Waals surface area (Å²) in [7, 11) is 0. The van der Waals surface area contributed by atoms with Gasteiger partial charge in [0.15, 0.2) is 0 Å². The second-order valence-corrected chi connectivity index (χ2v) is 6.66. The summed E-state index contributed by atoms with van der Waals surface area (Å²) in [6, 6.07) is 0. The van der Waals surface area contributed by atoms with E-state index in [1.54, 1.807) is 0 Å². The normalized spacial score (nSPS) is 35.4. The van der Waals surface area contributed by atoms with E-state index in [4.69, 9.17) is 0 Å². The van der Waals surface area contributed by atoms with E-state index < -0.39 is 0 Å². The number of hydrogen-bond donors (Lipinski definition) is 0. The summed E-state index contributed by atoms with van der Waals surface area (Å²) < 4.78 is 0. The summed E-state index contributed by atoms with van der Waals surface area (Å²) in [6.07, 6.45) is 1.47. The van der Waals surface area contributed by atoms with Gasteiger partial charge in [0.2, 0.25) is 0 Å². The number of rotatable bonds is 4. The van der Waals surface area contributed by atoms with Crippen LogP contribution in [0.1, 0.15) is 54.9 Å². The molecule has 0 nitrogen and oxygen atoms in total. The molecule has 0 heterocycles. The van der Waals surface area contributed by atoms with Gasteiger partial charge in [-0.15, -0.1) is 0 Å². The van der Waals surface area contributed by atoms with Crippen molar-refractivity contribution in [3.05, 3.63) is 0 Å². The highest BCUT2D eigenvalue weighted by atomic mass is 14.5. The second-order valence-electron chi connectivity index (χ2n) is 6.66. The molecule has 1 rings (SSSR count). The van der Waals surface area contributed by atoms with Crippen molar-refractivity contribution in [2.45, 2.75) is 54.9 Å². The molecule has 0 aromatic heterocycles. The van der Waals surface area contributed by atoms with Gasteiger partial charge in [-0.05, 0) is 47.8 Å². The van der Waals surface area contributed by atoms with Crippen LogP contribution in [0.3, 0.4) is 0 Å². The Morgan fingerprint density at radius 2 is 1.47 bits per heavy atom. The lowest BCUT2D eigenvalue weighted by Crippen LogP contribution is -2.44. The van der Waals surface area contributed by atoms with Crippen LogP contribution >= 0.6 is 0 Å². The Hall–Kier alpha value is 0. The minimum absolute atomic E-state index is 0.837. The molecule has 5 unspecified atom stereocenters. The summed E-state index contributed by atoms with van der Waals surface area (Å²) in [5.74, 6) is 6.46. The van der Waals surface area contributed by atoms with Crippen LogP contribution in [0.4, 0.5) is 0 Å². The Morgan fingerprint density at radius 3 is 1.80 bits per heavy atom. The van der Waals surface area contributed by atoms with E-state index in [1.807, 2.05) is 0 Å². The predicted octanol–water partition coefficient (Wildman–Crippen LogP) is 4.84. The van der Waals surface area contributed by atoms with Gasteiger partial charge in [0.05, 0.1) is 0 Å². The maximum absolute atomic E-state index is 2.48. The highest BCUT2D eigenvalue weighted by Gasteiger charge is 2.43. The zero-order valence-electron chi connectivity index (χ0n) is 11.7. The first kappa shape index (κ1) is 13.1. The molecule has 0 bridgehead atoms. The standard InChI is InChI=1S/C15H30/c1-9(2)12(6)13(7)14-8-11(5)15(14)10(3)4/h9-15H,8H2,1-7H3. The van der Waals surface area contributed by atoms with Crippen LogP contribution in [-0.2, 0) is 0 Å². The summed E-state index contributed by atoms with van der Waals surface area (Å²) >= 11 is 0. The first-order valence-electron chi connectivity index (χ1n) is 6.86. The fourth-order valence-electron chi connectivity index (χ4n) is 3.68. The molecule has 1 aliphatic carbocycles. The van der Waals surface area contributed by atoms with E-state index in [9.17, 15) is 0 Å². The molecule has 0 aromatic carbocycles. The Balaban J connectivity index is 2.58. The summed E-state index contributed by atoms with van der Waals surface area (Å²) in [6.45, 7) is 16.9. The van der Waals surface area contributed by atoms with E-state index in [-0.39, 0.29) is 0 Å². The third kappa shape index (κ3) is 2.57. The monoisotopic (exact) mass is 210 g/mol. The Labute approximate surface area is 96.8 Å². The second kappa shape index (κ2) is 4.89. The molecule has 1 aliphatic rings. The number of hydrogen-bond acceptors (Lipinski definition) is 0. The van der Waals surface area contributed by atoms with Crippen LogP contribution in [-0.4, -0.2) is 0 Å². The minimum atomic E-state index is 0.837. The lowest BCUT2D eigenvalue weighted by molar-refractivity contribution is -0.0180. The predicted molar refractivity (Wildman–Crippen MR) is 68.8 cm³/mol. The van der Waals surface area contributed by atoms with Gasteiger partial charge in [0, 0.05) is 0 Å². The van der Waals surface area contributed by atoms with Crippen molar-refractivity contribution in [1.29, 1.82) is 0 Å². The summed E-state index contributed by atoms with van der Waals surface area (Å²) in [4.78, 5) is 0. The molecular formula is C15H30. The van der Waals surface area contributed by atoms with Crippen molar-refractivity contribution < 1.29 is 0 Å². The van der Waals surface area contributed by atoms with Crippen LogP contribution in [0, 0.1) is 41.4 Å². The molecule has 15 heavy (non-hydrogen) atoms. The summed E-state index contributed by atoms with van der Waals surface area (Å²) in [5.41, 5.74) is 0. The van der Waals surface area contributed by atoms with Crippen molar-refractivity contribution >= 4 is 0 Å². The van der Waals surface area contributed by atoms with Crippen LogP contribution in [0.15, 0.2) is 0 Å².